The van der Waals surface area contributed by atoms with E-state index < -0.39 is 0 Å². The monoisotopic (exact) mass is 428 g/mol. The molecule has 2 N–H and O–H groups in total. The van der Waals surface area contributed by atoms with E-state index in [0.29, 0.717) is 12.1 Å². The molecule has 4 rings (SSSR count). The van der Waals surface area contributed by atoms with Crippen molar-refractivity contribution >= 4 is 5.78 Å². The first-order chi connectivity index (χ1) is 15.0. The second-order valence-corrected chi connectivity index (χ2v) is 9.01. The normalized spacial score (nSPS) is 17.6. The number of hydrogen-bond donors (Lipinski definition) is 2. The number of aromatic hydroxyl groups is 2. The van der Waals surface area contributed by atoms with Gasteiger partial charge >= 0.3 is 0 Å². The number of carbonyl (C=O) groups is 1. The summed E-state index contributed by atoms with van der Waals surface area (Å²) < 4.78 is 14.7. The number of unbranched alkanes of at least 4 members (excludes halogenated alkanes) is 2. The highest BCUT2D eigenvalue weighted by atomic mass is 19.1. The number of benzene rings is 1. The van der Waals surface area contributed by atoms with Crippen molar-refractivity contribution in [2.24, 2.45) is 5.92 Å². The number of halogens is 1. The third kappa shape index (κ3) is 4.95. The number of aromatic nitrogens is 1. The number of carbonyl (C=O) groups excluding carboxylic acids is 1. The molecule has 0 saturated carbocycles. The predicted molar refractivity (Wildman–Crippen MR) is 118 cm³/mol. The molecule has 6 heteroatoms. The molecular formula is C25H33FN2O3. The van der Waals surface area contributed by atoms with E-state index in [9.17, 15) is 19.4 Å². The van der Waals surface area contributed by atoms with E-state index in [1.807, 2.05) is 0 Å². The average molecular weight is 429 g/mol. The van der Waals surface area contributed by atoms with Crippen molar-refractivity contribution in [3.63, 3.8) is 0 Å². The van der Waals surface area contributed by atoms with Crippen LogP contribution in [0.5, 0.6) is 11.8 Å². The second kappa shape index (κ2) is 9.86. The lowest BCUT2D eigenvalue weighted by atomic mass is 9.89. The molecule has 1 aliphatic carbocycles. The van der Waals surface area contributed by atoms with Gasteiger partial charge in [0.1, 0.15) is 5.82 Å². The van der Waals surface area contributed by atoms with E-state index in [1.54, 1.807) is 16.7 Å². The lowest BCUT2D eigenvalue weighted by Gasteiger charge is -2.31. The van der Waals surface area contributed by atoms with Crippen LogP contribution in [0.2, 0.25) is 0 Å². The summed E-state index contributed by atoms with van der Waals surface area (Å²) in [6.07, 6.45) is 8.62. The summed E-state index contributed by atoms with van der Waals surface area (Å²) >= 11 is 0. The van der Waals surface area contributed by atoms with Crippen LogP contribution in [0.4, 0.5) is 4.39 Å². The number of nitrogens with zero attached hydrogens (tertiary/aromatic N) is 2. The molecule has 5 nitrogen and oxygen atoms in total. The summed E-state index contributed by atoms with van der Waals surface area (Å²) in [4.78, 5) is 15.0. The minimum Gasteiger partial charge on any atom is -0.494 e. The quantitative estimate of drug-likeness (QED) is 0.473. The minimum absolute atomic E-state index is 0.0347. The van der Waals surface area contributed by atoms with Crippen LogP contribution in [0, 0.1) is 11.7 Å². The highest BCUT2D eigenvalue weighted by Gasteiger charge is 2.26. The molecule has 2 heterocycles. The van der Waals surface area contributed by atoms with Crippen molar-refractivity contribution in [3.05, 3.63) is 46.8 Å². The Labute approximate surface area is 183 Å². The highest BCUT2D eigenvalue weighted by molar-refractivity contribution is 5.97. The molecule has 0 bridgehead atoms. The van der Waals surface area contributed by atoms with E-state index in [1.165, 1.54) is 12.1 Å². The van der Waals surface area contributed by atoms with Crippen LogP contribution in [-0.2, 0) is 19.4 Å². The lowest BCUT2D eigenvalue weighted by Crippen LogP contribution is -2.36. The Hall–Kier alpha value is -2.34. The van der Waals surface area contributed by atoms with Gasteiger partial charge in [-0.2, -0.15) is 0 Å². The Morgan fingerprint density at radius 1 is 0.903 bits per heavy atom. The van der Waals surface area contributed by atoms with Gasteiger partial charge in [0, 0.05) is 29.2 Å². The summed E-state index contributed by atoms with van der Waals surface area (Å²) in [5, 5.41) is 20.9. The van der Waals surface area contributed by atoms with Gasteiger partial charge in [-0.25, -0.2) is 4.39 Å². The van der Waals surface area contributed by atoms with Gasteiger partial charge in [0.2, 0.25) is 0 Å². The minimum atomic E-state index is -0.312. The first kappa shape index (κ1) is 21.9. The van der Waals surface area contributed by atoms with Gasteiger partial charge in [0.15, 0.2) is 17.5 Å². The smallest absolute Gasteiger partial charge is 0.197 e. The summed E-state index contributed by atoms with van der Waals surface area (Å²) in [7, 11) is 0. The summed E-state index contributed by atoms with van der Waals surface area (Å²) in [6.45, 7) is 3.50. The maximum absolute atomic E-state index is 13.1. The molecular weight excluding hydrogens is 395 g/mol. The molecule has 168 valence electrons. The van der Waals surface area contributed by atoms with Crippen molar-refractivity contribution in [2.75, 3.05) is 19.6 Å². The molecule has 31 heavy (non-hydrogen) atoms. The van der Waals surface area contributed by atoms with Gasteiger partial charge in [0.25, 0.3) is 0 Å². The van der Waals surface area contributed by atoms with Crippen LogP contribution in [0.1, 0.15) is 66.4 Å². The Morgan fingerprint density at radius 2 is 1.48 bits per heavy atom. The first-order valence-corrected chi connectivity index (χ1v) is 11.7. The zero-order valence-electron chi connectivity index (χ0n) is 18.2. The van der Waals surface area contributed by atoms with Crippen molar-refractivity contribution < 1.29 is 19.4 Å². The summed E-state index contributed by atoms with van der Waals surface area (Å²) in [5.41, 5.74) is 2.50. The summed E-state index contributed by atoms with van der Waals surface area (Å²) in [6, 6.07) is 5.87. The average Bonchev–Trinajstić information content (AvgIpc) is 3.04. The van der Waals surface area contributed by atoms with Gasteiger partial charge in [0.05, 0.1) is 0 Å². The van der Waals surface area contributed by atoms with E-state index in [0.717, 1.165) is 88.5 Å². The number of Topliss-reactive ketones (excluding diaryl/α,β-unsaturated/α-hetero) is 1. The second-order valence-electron chi connectivity index (χ2n) is 9.01. The van der Waals surface area contributed by atoms with Crippen molar-refractivity contribution in [3.8, 4) is 11.8 Å². The Balaban J connectivity index is 1.16. The Morgan fingerprint density at radius 3 is 2.10 bits per heavy atom. The zero-order chi connectivity index (χ0) is 21.8. The fraction of sp³-hybridized carbons (Fsp3) is 0.560. The van der Waals surface area contributed by atoms with E-state index in [-0.39, 0.29) is 29.3 Å². The largest absolute Gasteiger partial charge is 0.494 e. The fourth-order valence-corrected chi connectivity index (χ4v) is 5.09. The molecule has 1 aromatic heterocycles. The molecule has 0 atom stereocenters. The molecule has 1 saturated heterocycles. The SMILES string of the molecule is O=C(c1ccc(F)cc1)C1CCN(CCCCCn2c(O)c3c(c2O)CCCC3)CC1. The van der Waals surface area contributed by atoms with Crippen LogP contribution in [0.15, 0.2) is 24.3 Å². The number of likely N-dealkylation sites (tertiary alicyclic amines) is 1. The molecule has 0 amide bonds. The topological polar surface area (TPSA) is 65.7 Å². The van der Waals surface area contributed by atoms with Crippen LogP contribution in [0.25, 0.3) is 0 Å². The van der Waals surface area contributed by atoms with Gasteiger partial charge < -0.3 is 15.1 Å². The fourth-order valence-electron chi connectivity index (χ4n) is 5.09. The zero-order valence-corrected chi connectivity index (χ0v) is 18.2. The number of ketones is 1. The van der Waals surface area contributed by atoms with Crippen LogP contribution >= 0.6 is 0 Å². The summed E-state index contributed by atoms with van der Waals surface area (Å²) in [5.74, 6) is 0.384. The third-order valence-corrected chi connectivity index (χ3v) is 6.96. The molecule has 0 radical (unpaired) electrons. The Kier molecular flexibility index (Phi) is 6.96. The van der Waals surface area contributed by atoms with Crippen LogP contribution in [-0.4, -0.2) is 45.1 Å². The third-order valence-electron chi connectivity index (χ3n) is 6.96. The highest BCUT2D eigenvalue weighted by Crippen LogP contribution is 2.38. The van der Waals surface area contributed by atoms with Gasteiger partial charge in [-0.3, -0.25) is 9.36 Å². The number of fused-ring (bicyclic) bond motifs is 1. The maximum Gasteiger partial charge on any atom is 0.197 e. The molecule has 1 fully saturated rings. The number of hydrogen-bond acceptors (Lipinski definition) is 4. The van der Waals surface area contributed by atoms with E-state index >= 15 is 0 Å². The Bertz CT molecular complexity index is 869. The van der Waals surface area contributed by atoms with Crippen molar-refractivity contribution in [2.45, 2.75) is 64.3 Å². The standard InChI is InChI=1S/C25H33FN2O3/c26-20-10-8-18(9-11-20)23(29)19-12-16-27(17-13-19)14-4-1-5-15-28-24(30)21-6-2-3-7-22(21)25(28)31/h8-11,19,30-31H,1-7,12-17H2. The number of piperidine rings is 1. The van der Waals surface area contributed by atoms with E-state index in [2.05, 4.69) is 4.90 Å². The maximum atomic E-state index is 13.1. The molecule has 2 aromatic rings. The van der Waals surface area contributed by atoms with E-state index in [4.69, 9.17) is 0 Å². The van der Waals surface area contributed by atoms with Crippen molar-refractivity contribution in [1.29, 1.82) is 0 Å². The molecule has 2 aliphatic rings. The first-order valence-electron chi connectivity index (χ1n) is 11.7. The van der Waals surface area contributed by atoms with Gasteiger partial charge in [-0.15, -0.1) is 0 Å². The predicted octanol–water partition coefficient (Wildman–Crippen LogP) is 4.68. The molecule has 1 aromatic carbocycles. The lowest BCUT2D eigenvalue weighted by molar-refractivity contribution is 0.0838. The van der Waals surface area contributed by atoms with Gasteiger partial charge in [-0.05, 0) is 95.3 Å². The molecule has 1 aliphatic heterocycles. The number of rotatable bonds is 8. The molecule has 0 spiro atoms. The van der Waals surface area contributed by atoms with Gasteiger partial charge in [-0.1, -0.05) is 6.42 Å². The van der Waals surface area contributed by atoms with Crippen molar-refractivity contribution in [1.82, 2.24) is 9.47 Å². The molecule has 0 unspecified atom stereocenters. The van der Waals surface area contributed by atoms with Crippen LogP contribution < -0.4 is 0 Å². The van der Waals surface area contributed by atoms with Crippen LogP contribution in [0.3, 0.4) is 0 Å².